The van der Waals surface area contributed by atoms with E-state index < -0.39 is 11.7 Å². The second-order valence-corrected chi connectivity index (χ2v) is 4.36. The Balaban J connectivity index is 2.01. The molecule has 0 fully saturated rings. The quantitative estimate of drug-likeness (QED) is 0.650. The fourth-order valence-electron chi connectivity index (χ4n) is 1.67. The Bertz CT molecular complexity index is 601. The average molecular weight is 278 g/mol. The Morgan fingerprint density at radius 3 is 2.35 bits per heavy atom. The molecule has 2 aromatic rings. The van der Waals surface area contributed by atoms with E-state index in [0.29, 0.717) is 5.69 Å². The van der Waals surface area contributed by atoms with Gasteiger partial charge in [-0.15, -0.1) is 0 Å². The summed E-state index contributed by atoms with van der Waals surface area (Å²) >= 11 is 0. The van der Waals surface area contributed by atoms with E-state index in [1.54, 1.807) is 6.21 Å². The maximum atomic E-state index is 12.4. The highest BCUT2D eigenvalue weighted by atomic mass is 19.4. The molecule has 0 aromatic heterocycles. The van der Waals surface area contributed by atoms with Gasteiger partial charge in [-0.05, 0) is 36.8 Å². The first-order valence-electron chi connectivity index (χ1n) is 5.98. The molecule has 20 heavy (non-hydrogen) atoms. The number of halogens is 3. The number of nitrogens with zero attached hydrogens (tertiary/aromatic N) is 1. The molecule has 0 bridgehead atoms. The fraction of sp³-hybridized carbons (Fsp3) is 0.133. The van der Waals surface area contributed by atoms with E-state index in [1.165, 1.54) is 12.1 Å². The van der Waals surface area contributed by atoms with Crippen LogP contribution in [0.4, 0.5) is 18.9 Å². The Morgan fingerprint density at radius 2 is 1.75 bits per heavy atom. The summed E-state index contributed by atoms with van der Waals surface area (Å²) in [6.45, 7) is 1.97. The minimum atomic E-state index is -4.32. The van der Waals surface area contributed by atoms with Gasteiger partial charge in [0.1, 0.15) is 0 Å². The molecule has 2 nitrogen and oxygen atoms in total. The molecule has 0 aliphatic rings. The third kappa shape index (κ3) is 3.85. The number of hydrogen-bond donors (Lipinski definition) is 1. The number of nitrogens with one attached hydrogen (secondary N) is 1. The van der Waals surface area contributed by atoms with Crippen molar-refractivity contribution in [3.63, 3.8) is 0 Å². The molecular formula is C15H13F3N2. The lowest BCUT2D eigenvalue weighted by atomic mass is 10.2. The van der Waals surface area contributed by atoms with E-state index >= 15 is 0 Å². The van der Waals surface area contributed by atoms with Crippen LogP contribution < -0.4 is 5.43 Å². The number of aryl methyl sites for hydroxylation is 1. The monoisotopic (exact) mass is 278 g/mol. The van der Waals surface area contributed by atoms with Gasteiger partial charge in [0, 0.05) is 0 Å². The van der Waals surface area contributed by atoms with Crippen molar-refractivity contribution >= 4 is 11.9 Å². The van der Waals surface area contributed by atoms with E-state index in [9.17, 15) is 13.2 Å². The van der Waals surface area contributed by atoms with Crippen LogP contribution in [0.25, 0.3) is 0 Å². The van der Waals surface area contributed by atoms with Gasteiger partial charge in [0.2, 0.25) is 0 Å². The first kappa shape index (κ1) is 14.1. The summed E-state index contributed by atoms with van der Waals surface area (Å²) in [5, 5.41) is 3.99. The summed E-state index contributed by atoms with van der Waals surface area (Å²) in [5.41, 5.74) is 4.55. The number of rotatable bonds is 3. The predicted molar refractivity (Wildman–Crippen MR) is 73.8 cm³/mol. The van der Waals surface area contributed by atoms with Crippen molar-refractivity contribution in [3.8, 4) is 0 Å². The van der Waals surface area contributed by atoms with Gasteiger partial charge in [0.25, 0.3) is 0 Å². The standard InChI is InChI=1S/C15H13F3N2/c1-11-3-2-4-12(9-11)10-19-20-14-7-5-13(6-8-14)15(16,17)18/h2-10,20H,1H3. The number of benzene rings is 2. The van der Waals surface area contributed by atoms with Crippen LogP contribution in [0.2, 0.25) is 0 Å². The van der Waals surface area contributed by atoms with Gasteiger partial charge in [-0.1, -0.05) is 29.8 Å². The average Bonchev–Trinajstić information content (AvgIpc) is 2.38. The molecule has 0 heterocycles. The Hall–Kier alpha value is -2.30. The maximum absolute atomic E-state index is 12.4. The van der Waals surface area contributed by atoms with E-state index in [0.717, 1.165) is 23.3 Å². The van der Waals surface area contributed by atoms with Gasteiger partial charge in [-0.2, -0.15) is 18.3 Å². The Kier molecular flexibility index (Phi) is 4.08. The van der Waals surface area contributed by atoms with Crippen LogP contribution in [-0.4, -0.2) is 6.21 Å². The molecule has 0 spiro atoms. The lowest BCUT2D eigenvalue weighted by Crippen LogP contribution is -2.04. The van der Waals surface area contributed by atoms with Gasteiger partial charge in [0.15, 0.2) is 0 Å². The van der Waals surface area contributed by atoms with E-state index in [1.807, 2.05) is 31.2 Å². The smallest absolute Gasteiger partial charge is 0.279 e. The SMILES string of the molecule is Cc1cccc(C=NNc2ccc(C(F)(F)F)cc2)c1. The largest absolute Gasteiger partial charge is 0.416 e. The molecule has 104 valence electrons. The van der Waals surface area contributed by atoms with Crippen molar-refractivity contribution in [1.29, 1.82) is 0 Å². The summed E-state index contributed by atoms with van der Waals surface area (Å²) in [6.07, 6.45) is -2.70. The molecular weight excluding hydrogens is 265 g/mol. The third-order valence-corrected chi connectivity index (χ3v) is 2.66. The molecule has 0 aliphatic carbocycles. The number of alkyl halides is 3. The number of anilines is 1. The summed E-state index contributed by atoms with van der Waals surface area (Å²) in [5.74, 6) is 0. The van der Waals surface area contributed by atoms with Crippen molar-refractivity contribution in [1.82, 2.24) is 0 Å². The summed E-state index contributed by atoms with van der Waals surface area (Å²) in [7, 11) is 0. The lowest BCUT2D eigenvalue weighted by Gasteiger charge is -2.07. The highest BCUT2D eigenvalue weighted by molar-refractivity contribution is 5.80. The molecule has 2 rings (SSSR count). The second-order valence-electron chi connectivity index (χ2n) is 4.36. The molecule has 0 saturated heterocycles. The van der Waals surface area contributed by atoms with E-state index in [4.69, 9.17) is 0 Å². The summed E-state index contributed by atoms with van der Waals surface area (Å²) < 4.78 is 37.1. The van der Waals surface area contributed by atoms with Crippen LogP contribution in [0.3, 0.4) is 0 Å². The van der Waals surface area contributed by atoms with Gasteiger partial charge < -0.3 is 0 Å². The van der Waals surface area contributed by atoms with Crippen LogP contribution >= 0.6 is 0 Å². The van der Waals surface area contributed by atoms with Crippen LogP contribution in [0.1, 0.15) is 16.7 Å². The number of hydrazone groups is 1. The molecule has 5 heteroatoms. The number of hydrogen-bond acceptors (Lipinski definition) is 2. The highest BCUT2D eigenvalue weighted by Gasteiger charge is 2.29. The molecule has 0 radical (unpaired) electrons. The first-order chi connectivity index (χ1) is 9.45. The van der Waals surface area contributed by atoms with Gasteiger partial charge >= 0.3 is 6.18 Å². The second kappa shape index (κ2) is 5.77. The maximum Gasteiger partial charge on any atom is 0.416 e. The zero-order valence-electron chi connectivity index (χ0n) is 10.8. The van der Waals surface area contributed by atoms with Crippen molar-refractivity contribution < 1.29 is 13.2 Å². The molecule has 0 unspecified atom stereocenters. The Morgan fingerprint density at radius 1 is 1.05 bits per heavy atom. The molecule has 0 saturated carbocycles. The van der Waals surface area contributed by atoms with E-state index in [-0.39, 0.29) is 0 Å². The topological polar surface area (TPSA) is 24.4 Å². The minimum Gasteiger partial charge on any atom is -0.279 e. The molecule has 0 aliphatic heterocycles. The minimum absolute atomic E-state index is 0.502. The summed E-state index contributed by atoms with van der Waals surface area (Å²) in [6, 6.07) is 12.5. The van der Waals surface area contributed by atoms with Crippen LogP contribution in [0.15, 0.2) is 53.6 Å². The van der Waals surface area contributed by atoms with Crippen LogP contribution in [0.5, 0.6) is 0 Å². The molecule has 2 aromatic carbocycles. The van der Waals surface area contributed by atoms with Crippen molar-refractivity contribution in [2.75, 3.05) is 5.43 Å². The van der Waals surface area contributed by atoms with Crippen molar-refractivity contribution in [2.24, 2.45) is 5.10 Å². The zero-order valence-corrected chi connectivity index (χ0v) is 10.8. The van der Waals surface area contributed by atoms with Crippen LogP contribution in [-0.2, 0) is 6.18 Å². The van der Waals surface area contributed by atoms with Gasteiger partial charge in [-0.3, -0.25) is 5.43 Å². The molecule has 1 N–H and O–H groups in total. The van der Waals surface area contributed by atoms with Crippen molar-refractivity contribution in [2.45, 2.75) is 13.1 Å². The molecule has 0 amide bonds. The van der Waals surface area contributed by atoms with E-state index in [2.05, 4.69) is 10.5 Å². The summed E-state index contributed by atoms with van der Waals surface area (Å²) in [4.78, 5) is 0. The predicted octanol–water partition coefficient (Wildman–Crippen LogP) is 4.46. The first-order valence-corrected chi connectivity index (χ1v) is 5.98. The highest BCUT2D eigenvalue weighted by Crippen LogP contribution is 2.29. The normalized spacial score (nSPS) is 11.8. The van der Waals surface area contributed by atoms with Crippen LogP contribution in [0, 0.1) is 6.92 Å². The van der Waals surface area contributed by atoms with Crippen molar-refractivity contribution in [3.05, 3.63) is 65.2 Å². The lowest BCUT2D eigenvalue weighted by molar-refractivity contribution is -0.137. The van der Waals surface area contributed by atoms with Gasteiger partial charge in [-0.25, -0.2) is 0 Å². The third-order valence-electron chi connectivity index (χ3n) is 2.66. The Labute approximate surface area is 114 Å². The molecule has 0 atom stereocenters. The zero-order chi connectivity index (χ0) is 14.6. The fourth-order valence-corrected chi connectivity index (χ4v) is 1.67. The van der Waals surface area contributed by atoms with Gasteiger partial charge in [0.05, 0.1) is 17.5 Å².